The van der Waals surface area contributed by atoms with Gasteiger partial charge in [-0.25, -0.2) is 15.0 Å². The van der Waals surface area contributed by atoms with Crippen molar-refractivity contribution in [3.05, 3.63) is 23.8 Å². The molecular formula is C11H14N4OS. The van der Waals surface area contributed by atoms with Crippen LogP contribution in [0.4, 0.5) is 5.82 Å². The van der Waals surface area contributed by atoms with Gasteiger partial charge in [0.2, 0.25) is 0 Å². The van der Waals surface area contributed by atoms with Crippen molar-refractivity contribution in [1.82, 2.24) is 15.0 Å². The highest BCUT2D eigenvalue weighted by Crippen LogP contribution is 2.29. The van der Waals surface area contributed by atoms with E-state index < -0.39 is 0 Å². The van der Waals surface area contributed by atoms with E-state index in [1.165, 1.54) is 11.8 Å². The molecule has 0 saturated carbocycles. The minimum atomic E-state index is 0.603. The van der Waals surface area contributed by atoms with Crippen LogP contribution in [0, 0.1) is 13.8 Å². The van der Waals surface area contributed by atoms with Gasteiger partial charge in [-0.05, 0) is 32.5 Å². The molecule has 2 rings (SSSR count). The molecule has 0 spiro atoms. The molecule has 0 radical (unpaired) electrons. The second-order valence-electron chi connectivity index (χ2n) is 3.54. The molecule has 0 amide bonds. The minimum Gasteiger partial charge on any atom is -0.439 e. The molecule has 0 bridgehead atoms. The fourth-order valence-corrected chi connectivity index (χ4v) is 2.15. The van der Waals surface area contributed by atoms with Crippen molar-refractivity contribution in [2.75, 3.05) is 11.9 Å². The van der Waals surface area contributed by atoms with Crippen molar-refractivity contribution >= 4 is 17.6 Å². The molecule has 0 atom stereocenters. The lowest BCUT2D eigenvalue weighted by Crippen LogP contribution is -2.03. The zero-order chi connectivity index (χ0) is 12.3. The molecule has 6 heteroatoms. The van der Waals surface area contributed by atoms with Crippen LogP contribution in [0.5, 0.6) is 0 Å². The quantitative estimate of drug-likeness (QED) is 0.842. The Hall–Kier alpha value is -1.56. The van der Waals surface area contributed by atoms with Gasteiger partial charge in [-0.2, -0.15) is 0 Å². The second kappa shape index (κ2) is 5.18. The Morgan fingerprint density at radius 1 is 1.35 bits per heavy atom. The first kappa shape index (κ1) is 11.9. The van der Waals surface area contributed by atoms with Crippen molar-refractivity contribution in [1.29, 1.82) is 0 Å². The Bertz CT molecular complexity index is 512. The molecule has 0 aromatic carbocycles. The van der Waals surface area contributed by atoms with Crippen molar-refractivity contribution < 1.29 is 4.42 Å². The number of oxazole rings is 1. The summed E-state index contributed by atoms with van der Waals surface area (Å²) < 4.78 is 5.29. The predicted molar refractivity (Wildman–Crippen MR) is 66.3 cm³/mol. The first-order valence-corrected chi connectivity index (χ1v) is 6.17. The number of anilines is 1. The van der Waals surface area contributed by atoms with Gasteiger partial charge in [0.1, 0.15) is 23.4 Å². The smallest absolute Gasteiger partial charge is 0.262 e. The first-order chi connectivity index (χ1) is 8.20. The molecule has 17 heavy (non-hydrogen) atoms. The molecular weight excluding hydrogens is 236 g/mol. The van der Waals surface area contributed by atoms with Crippen molar-refractivity contribution in [2.45, 2.75) is 31.0 Å². The topological polar surface area (TPSA) is 63.8 Å². The van der Waals surface area contributed by atoms with Crippen LogP contribution in [-0.4, -0.2) is 21.5 Å². The SMILES string of the molecule is CCNc1ncnc(Sc2nc(C)co2)c1C. The van der Waals surface area contributed by atoms with Crippen molar-refractivity contribution in [3.63, 3.8) is 0 Å². The third-order valence-electron chi connectivity index (χ3n) is 2.16. The molecule has 90 valence electrons. The molecule has 0 unspecified atom stereocenters. The molecule has 0 aliphatic carbocycles. The van der Waals surface area contributed by atoms with Gasteiger partial charge >= 0.3 is 0 Å². The summed E-state index contributed by atoms with van der Waals surface area (Å²) in [4.78, 5) is 12.7. The molecule has 2 heterocycles. The molecule has 2 aromatic rings. The lowest BCUT2D eigenvalue weighted by atomic mass is 10.3. The van der Waals surface area contributed by atoms with Gasteiger partial charge in [0.15, 0.2) is 0 Å². The van der Waals surface area contributed by atoms with Crippen LogP contribution in [-0.2, 0) is 0 Å². The lowest BCUT2D eigenvalue weighted by molar-refractivity contribution is 0.453. The van der Waals surface area contributed by atoms with Crippen LogP contribution in [0.3, 0.4) is 0 Å². The Morgan fingerprint density at radius 3 is 2.82 bits per heavy atom. The minimum absolute atomic E-state index is 0.603. The summed E-state index contributed by atoms with van der Waals surface area (Å²) in [6, 6.07) is 0. The summed E-state index contributed by atoms with van der Waals surface area (Å²) in [5.74, 6) is 0.855. The Kier molecular flexibility index (Phi) is 3.63. The lowest BCUT2D eigenvalue weighted by Gasteiger charge is -2.07. The van der Waals surface area contributed by atoms with Gasteiger partial charge in [0, 0.05) is 12.1 Å². The molecule has 1 N–H and O–H groups in total. The van der Waals surface area contributed by atoms with Gasteiger partial charge in [-0.1, -0.05) is 0 Å². The van der Waals surface area contributed by atoms with Crippen LogP contribution in [0.15, 0.2) is 27.3 Å². The van der Waals surface area contributed by atoms with E-state index in [4.69, 9.17) is 4.42 Å². The Balaban J connectivity index is 2.23. The summed E-state index contributed by atoms with van der Waals surface area (Å²) in [5.41, 5.74) is 1.88. The van der Waals surface area contributed by atoms with E-state index in [0.717, 1.165) is 28.6 Å². The van der Waals surface area contributed by atoms with Gasteiger partial charge in [0.25, 0.3) is 5.22 Å². The average Bonchev–Trinajstić information content (AvgIpc) is 2.70. The molecule has 0 aliphatic rings. The number of hydrogen-bond acceptors (Lipinski definition) is 6. The van der Waals surface area contributed by atoms with Crippen LogP contribution in [0.25, 0.3) is 0 Å². The van der Waals surface area contributed by atoms with Crippen molar-refractivity contribution in [3.8, 4) is 0 Å². The van der Waals surface area contributed by atoms with Crippen molar-refractivity contribution in [2.24, 2.45) is 0 Å². The Morgan fingerprint density at radius 2 is 2.18 bits per heavy atom. The summed E-state index contributed by atoms with van der Waals surface area (Å²) in [7, 11) is 0. The monoisotopic (exact) mass is 250 g/mol. The molecule has 0 saturated heterocycles. The predicted octanol–water partition coefficient (Wildman–Crippen LogP) is 2.66. The van der Waals surface area contributed by atoms with E-state index >= 15 is 0 Å². The molecule has 0 aliphatic heterocycles. The highest BCUT2D eigenvalue weighted by molar-refractivity contribution is 7.99. The van der Waals surface area contributed by atoms with Gasteiger partial charge < -0.3 is 9.73 Å². The number of rotatable bonds is 4. The van der Waals surface area contributed by atoms with E-state index in [0.29, 0.717) is 5.22 Å². The summed E-state index contributed by atoms with van der Waals surface area (Å²) in [5, 5.41) is 4.65. The number of aromatic nitrogens is 3. The maximum absolute atomic E-state index is 5.29. The summed E-state index contributed by atoms with van der Waals surface area (Å²) in [6.07, 6.45) is 3.17. The van der Waals surface area contributed by atoms with Crippen LogP contribution in [0.1, 0.15) is 18.2 Å². The number of nitrogens with one attached hydrogen (secondary N) is 1. The number of aryl methyl sites for hydroxylation is 1. The number of hydrogen-bond donors (Lipinski definition) is 1. The third kappa shape index (κ3) is 2.76. The summed E-state index contributed by atoms with van der Waals surface area (Å²) >= 11 is 1.41. The van der Waals surface area contributed by atoms with Gasteiger partial charge in [-0.3, -0.25) is 0 Å². The van der Waals surface area contributed by atoms with Gasteiger partial charge in [-0.15, -0.1) is 0 Å². The van der Waals surface area contributed by atoms with Crippen LogP contribution in [0.2, 0.25) is 0 Å². The Labute approximate surface area is 104 Å². The van der Waals surface area contributed by atoms with E-state index in [-0.39, 0.29) is 0 Å². The van der Waals surface area contributed by atoms with Gasteiger partial charge in [0.05, 0.1) is 5.69 Å². The van der Waals surface area contributed by atoms with E-state index in [1.54, 1.807) is 12.6 Å². The third-order valence-corrected chi connectivity index (χ3v) is 3.13. The zero-order valence-electron chi connectivity index (χ0n) is 10.0. The van der Waals surface area contributed by atoms with E-state index in [2.05, 4.69) is 20.3 Å². The molecule has 2 aromatic heterocycles. The highest BCUT2D eigenvalue weighted by Gasteiger charge is 2.10. The van der Waals surface area contributed by atoms with Crippen LogP contribution >= 0.6 is 11.8 Å². The maximum atomic E-state index is 5.29. The zero-order valence-corrected chi connectivity index (χ0v) is 10.8. The first-order valence-electron chi connectivity index (χ1n) is 5.36. The highest BCUT2D eigenvalue weighted by atomic mass is 32.2. The van der Waals surface area contributed by atoms with E-state index in [1.807, 2.05) is 20.8 Å². The normalized spacial score (nSPS) is 10.5. The fraction of sp³-hybridized carbons (Fsp3) is 0.364. The second-order valence-corrected chi connectivity index (χ2v) is 4.48. The standard InChI is InChI=1S/C11H14N4OS/c1-4-12-9-8(3)10(14-6-13-9)17-11-15-7(2)5-16-11/h5-6H,4H2,1-3H3,(H,12,13,14). The fourth-order valence-electron chi connectivity index (χ4n) is 1.34. The van der Waals surface area contributed by atoms with Crippen LogP contribution < -0.4 is 5.32 Å². The number of nitrogens with zero attached hydrogens (tertiary/aromatic N) is 3. The largest absolute Gasteiger partial charge is 0.439 e. The van der Waals surface area contributed by atoms with E-state index in [9.17, 15) is 0 Å². The molecule has 5 nitrogen and oxygen atoms in total. The average molecular weight is 250 g/mol. The maximum Gasteiger partial charge on any atom is 0.262 e. The summed E-state index contributed by atoms with van der Waals surface area (Å²) in [6.45, 7) is 6.74. The molecule has 0 fully saturated rings.